The van der Waals surface area contributed by atoms with E-state index in [0.717, 1.165) is 11.5 Å². The van der Waals surface area contributed by atoms with E-state index in [1.807, 2.05) is 35.1 Å². The number of hydrogen-bond donors (Lipinski definition) is 1. The van der Waals surface area contributed by atoms with Gasteiger partial charge in [0.25, 0.3) is 0 Å². The highest BCUT2D eigenvalue weighted by Gasteiger charge is 2.01. The number of halogens is 1. The zero-order valence-electron chi connectivity index (χ0n) is 7.25. The van der Waals surface area contributed by atoms with Gasteiger partial charge in [-0.15, -0.1) is 0 Å². The van der Waals surface area contributed by atoms with Crippen molar-refractivity contribution in [3.63, 3.8) is 0 Å². The lowest BCUT2D eigenvalue weighted by Gasteiger charge is -2.11. The summed E-state index contributed by atoms with van der Waals surface area (Å²) in [5.41, 5.74) is 1.32. The van der Waals surface area contributed by atoms with E-state index in [9.17, 15) is 0 Å². The first kappa shape index (κ1) is 10.2. The van der Waals surface area contributed by atoms with E-state index in [0.29, 0.717) is 0 Å². The Labute approximate surface area is 90.5 Å². The SMILES string of the molecule is C[SH](C)Cc1ccccc1OI. The van der Waals surface area contributed by atoms with E-state index >= 15 is 0 Å². The van der Waals surface area contributed by atoms with Gasteiger partial charge in [0.05, 0.1) is 0 Å². The molecule has 1 nitrogen and oxygen atoms in total. The third-order valence-corrected chi connectivity index (χ3v) is 2.99. The maximum atomic E-state index is 5.23. The highest BCUT2D eigenvalue weighted by Crippen LogP contribution is 2.28. The van der Waals surface area contributed by atoms with Crippen LogP contribution in [0.5, 0.6) is 5.75 Å². The molecule has 0 radical (unpaired) electrons. The Hall–Kier alpha value is 0.1000. The largest absolute Gasteiger partial charge is 0.427 e. The van der Waals surface area contributed by atoms with Crippen molar-refractivity contribution in [1.29, 1.82) is 0 Å². The fraction of sp³-hybridized carbons (Fsp3) is 0.333. The molecule has 0 atom stereocenters. The van der Waals surface area contributed by atoms with Crippen molar-refractivity contribution in [2.45, 2.75) is 5.75 Å². The molecule has 0 bridgehead atoms. The molecule has 0 N–H and O–H groups in total. The summed E-state index contributed by atoms with van der Waals surface area (Å²) in [5, 5.41) is 0. The normalized spacial score (nSPS) is 11.1. The molecule has 0 spiro atoms. The summed E-state index contributed by atoms with van der Waals surface area (Å²) in [7, 11) is 0.118. The van der Waals surface area contributed by atoms with Crippen LogP contribution < -0.4 is 3.07 Å². The second kappa shape index (κ2) is 4.97. The Morgan fingerprint density at radius 1 is 1.33 bits per heavy atom. The van der Waals surface area contributed by atoms with E-state index in [-0.39, 0.29) is 10.9 Å². The Bertz CT molecular complexity index is 250. The van der Waals surface area contributed by atoms with Gasteiger partial charge in [0.15, 0.2) is 23.0 Å². The molecule has 0 saturated heterocycles. The van der Waals surface area contributed by atoms with Crippen LogP contribution in [-0.4, -0.2) is 12.5 Å². The van der Waals surface area contributed by atoms with Crippen molar-refractivity contribution in [2.24, 2.45) is 0 Å². The lowest BCUT2D eigenvalue weighted by molar-refractivity contribution is 0.708. The highest BCUT2D eigenvalue weighted by molar-refractivity contribution is 14.1. The monoisotopic (exact) mass is 296 g/mol. The minimum atomic E-state index is 0.118. The first-order valence-electron chi connectivity index (χ1n) is 3.75. The average Bonchev–Trinajstić information content (AvgIpc) is 2.04. The summed E-state index contributed by atoms with van der Waals surface area (Å²) in [4.78, 5) is 0. The van der Waals surface area contributed by atoms with Crippen LogP contribution in [-0.2, 0) is 5.75 Å². The van der Waals surface area contributed by atoms with Gasteiger partial charge in [0, 0.05) is 11.3 Å². The van der Waals surface area contributed by atoms with E-state index in [1.54, 1.807) is 0 Å². The second-order valence-electron chi connectivity index (χ2n) is 2.92. The van der Waals surface area contributed by atoms with E-state index in [1.165, 1.54) is 5.56 Å². The lowest BCUT2D eigenvalue weighted by Crippen LogP contribution is -1.87. The first-order valence-corrected chi connectivity index (χ1v) is 7.05. The molecule has 0 heterocycles. The van der Waals surface area contributed by atoms with Crippen LogP contribution in [0.3, 0.4) is 0 Å². The second-order valence-corrected chi connectivity index (χ2v) is 5.84. The van der Waals surface area contributed by atoms with Crippen LogP contribution in [0.25, 0.3) is 0 Å². The van der Waals surface area contributed by atoms with Crippen molar-refractivity contribution in [3.8, 4) is 5.75 Å². The predicted octanol–water partition coefficient (Wildman–Crippen LogP) is 3.18. The topological polar surface area (TPSA) is 9.23 Å². The Morgan fingerprint density at radius 3 is 2.58 bits per heavy atom. The molecule has 3 heteroatoms. The van der Waals surface area contributed by atoms with Crippen molar-refractivity contribution < 1.29 is 3.07 Å². The first-order chi connectivity index (χ1) is 5.74. The maximum Gasteiger partial charge on any atom is 0.192 e. The summed E-state index contributed by atoms with van der Waals surface area (Å²) in [6.45, 7) is 0. The number of rotatable bonds is 3. The zero-order chi connectivity index (χ0) is 8.97. The van der Waals surface area contributed by atoms with Crippen LogP contribution in [0.4, 0.5) is 0 Å². The zero-order valence-corrected chi connectivity index (χ0v) is 10.3. The molecular weight excluding hydrogens is 283 g/mol. The van der Waals surface area contributed by atoms with Gasteiger partial charge in [0.2, 0.25) is 0 Å². The summed E-state index contributed by atoms with van der Waals surface area (Å²) < 4.78 is 5.23. The summed E-state index contributed by atoms with van der Waals surface area (Å²) in [5.74, 6) is 2.16. The lowest BCUT2D eigenvalue weighted by atomic mass is 10.2. The van der Waals surface area contributed by atoms with Gasteiger partial charge in [-0.1, -0.05) is 18.2 Å². The molecule has 0 aromatic heterocycles. The van der Waals surface area contributed by atoms with Crippen molar-refractivity contribution in [2.75, 3.05) is 12.5 Å². The van der Waals surface area contributed by atoms with Crippen molar-refractivity contribution in [1.82, 2.24) is 0 Å². The summed E-state index contributed by atoms with van der Waals surface area (Å²) in [6.07, 6.45) is 4.55. The molecule has 68 valence electrons. The molecule has 0 aliphatic carbocycles. The molecular formula is C9H13IOS. The number of thiol groups is 1. The molecule has 0 unspecified atom stereocenters. The van der Waals surface area contributed by atoms with Crippen LogP contribution in [0.2, 0.25) is 0 Å². The van der Waals surface area contributed by atoms with Gasteiger partial charge < -0.3 is 3.07 Å². The maximum absolute atomic E-state index is 5.23. The molecule has 0 saturated carbocycles. The molecule has 1 rings (SSSR count). The van der Waals surface area contributed by atoms with Crippen molar-refractivity contribution in [3.05, 3.63) is 29.8 Å². The van der Waals surface area contributed by atoms with Gasteiger partial charge in [-0.25, -0.2) is 0 Å². The van der Waals surface area contributed by atoms with Gasteiger partial charge in [-0.2, -0.15) is 0 Å². The van der Waals surface area contributed by atoms with Gasteiger partial charge >= 0.3 is 0 Å². The van der Waals surface area contributed by atoms with E-state index in [4.69, 9.17) is 3.07 Å². The van der Waals surface area contributed by atoms with Crippen LogP contribution >= 0.6 is 33.9 Å². The third-order valence-electron chi connectivity index (χ3n) is 1.54. The van der Waals surface area contributed by atoms with E-state index < -0.39 is 0 Å². The van der Waals surface area contributed by atoms with Crippen LogP contribution in [0, 0.1) is 0 Å². The molecule has 12 heavy (non-hydrogen) atoms. The van der Waals surface area contributed by atoms with Gasteiger partial charge in [-0.05, 0) is 18.6 Å². The predicted molar refractivity (Wildman–Crippen MR) is 65.6 cm³/mol. The molecule has 0 aliphatic rings. The van der Waals surface area contributed by atoms with Gasteiger partial charge in [-0.3, -0.25) is 10.9 Å². The molecule has 0 aliphatic heterocycles. The van der Waals surface area contributed by atoms with Crippen molar-refractivity contribution >= 4 is 33.9 Å². The number of hydrogen-bond acceptors (Lipinski definition) is 1. The fourth-order valence-corrected chi connectivity index (χ4v) is 2.42. The minimum Gasteiger partial charge on any atom is -0.427 e. The Kier molecular flexibility index (Phi) is 4.21. The summed E-state index contributed by atoms with van der Waals surface area (Å²) >= 11 is 1.93. The molecule has 1 aromatic rings. The Balaban J connectivity index is 2.82. The Morgan fingerprint density at radius 2 is 2.00 bits per heavy atom. The number of para-hydroxylation sites is 1. The quantitative estimate of drug-likeness (QED) is 0.666. The average molecular weight is 296 g/mol. The standard InChI is InChI=1S/C9H13IOS/c1-12(2)7-8-5-3-4-6-9(8)11-10/h3-6,12H,7H2,1-2H3. The van der Waals surface area contributed by atoms with Crippen LogP contribution in [0.1, 0.15) is 5.56 Å². The highest BCUT2D eigenvalue weighted by atomic mass is 127. The number of benzene rings is 1. The summed E-state index contributed by atoms with van der Waals surface area (Å²) in [6, 6.07) is 8.22. The van der Waals surface area contributed by atoms with Crippen LogP contribution in [0.15, 0.2) is 24.3 Å². The molecule has 0 amide bonds. The molecule has 0 fully saturated rings. The fourth-order valence-electron chi connectivity index (χ4n) is 1.05. The minimum absolute atomic E-state index is 0.118. The third kappa shape index (κ3) is 2.86. The van der Waals surface area contributed by atoms with Gasteiger partial charge in [0.1, 0.15) is 5.75 Å². The smallest absolute Gasteiger partial charge is 0.192 e. The van der Waals surface area contributed by atoms with E-state index in [2.05, 4.69) is 24.6 Å². The molecule has 1 aromatic carbocycles.